The van der Waals surface area contributed by atoms with Crippen molar-refractivity contribution in [1.29, 1.82) is 0 Å². The second-order valence-electron chi connectivity index (χ2n) is 5.19. The predicted octanol–water partition coefficient (Wildman–Crippen LogP) is 3.65. The number of anilines is 3. The molecule has 0 unspecified atom stereocenters. The summed E-state index contributed by atoms with van der Waals surface area (Å²) in [6.45, 7) is 0. The highest BCUT2D eigenvalue weighted by molar-refractivity contribution is 9.10. The molecule has 2 aromatic heterocycles. The number of thioether (sulfide) groups is 1. The van der Waals surface area contributed by atoms with Gasteiger partial charge in [-0.1, -0.05) is 39.8 Å². The van der Waals surface area contributed by atoms with E-state index in [0.29, 0.717) is 34.1 Å². The van der Waals surface area contributed by atoms with Crippen molar-refractivity contribution < 1.29 is 4.79 Å². The summed E-state index contributed by atoms with van der Waals surface area (Å²) in [5, 5.41) is 5.75. The molecule has 0 atom stereocenters. The summed E-state index contributed by atoms with van der Waals surface area (Å²) in [5.74, 6) is 1.02. The maximum Gasteiger partial charge on any atom is 0.226 e. The highest BCUT2D eigenvalue weighted by Gasteiger charge is 2.09. The van der Waals surface area contributed by atoms with E-state index in [-0.39, 0.29) is 5.91 Å². The zero-order valence-corrected chi connectivity index (χ0v) is 16.7. The molecule has 0 aliphatic carbocycles. The lowest BCUT2D eigenvalue weighted by atomic mass is 10.2. The fourth-order valence-corrected chi connectivity index (χ4v) is 3.84. The number of halogens is 1. The molecule has 1 amide bonds. The zero-order valence-electron chi connectivity index (χ0n) is 13.5. The number of carbonyl (C=O) groups excluding carboxylic acids is 1. The number of carbonyl (C=O) groups is 1. The van der Waals surface area contributed by atoms with E-state index < -0.39 is 0 Å². The molecule has 5 N–H and O–H groups in total. The molecule has 3 aromatic rings. The Balaban J connectivity index is 1.51. The lowest BCUT2D eigenvalue weighted by Crippen LogP contribution is -2.12. The standard InChI is InChI=1S/C16H15BrN6OS2/c17-10-3-1-9(2-4-10)11-8-26-15(20-11)23-14(24)5-6-25-16-21-12(18)7-13(19)22-16/h1-4,7-8H,5-6H2,(H,20,23,24)(H4,18,19,21,22). The second-order valence-corrected chi connectivity index (χ2v) is 8.03. The van der Waals surface area contributed by atoms with E-state index >= 15 is 0 Å². The lowest BCUT2D eigenvalue weighted by molar-refractivity contribution is -0.115. The number of nitrogen functional groups attached to an aromatic ring is 2. The van der Waals surface area contributed by atoms with Crippen LogP contribution in [0.15, 0.2) is 45.3 Å². The number of hydrogen-bond donors (Lipinski definition) is 3. The second kappa shape index (κ2) is 8.47. The monoisotopic (exact) mass is 450 g/mol. The molecule has 0 fully saturated rings. The van der Waals surface area contributed by atoms with E-state index in [9.17, 15) is 4.79 Å². The molecular weight excluding hydrogens is 436 g/mol. The van der Waals surface area contributed by atoms with Crippen LogP contribution in [0.25, 0.3) is 11.3 Å². The SMILES string of the molecule is Nc1cc(N)nc(SCCC(=O)Nc2nc(-c3ccc(Br)cc3)cs2)n1. The van der Waals surface area contributed by atoms with Crippen LogP contribution in [0.5, 0.6) is 0 Å². The van der Waals surface area contributed by atoms with E-state index in [1.807, 2.05) is 29.6 Å². The summed E-state index contributed by atoms with van der Waals surface area (Å²) in [6.07, 6.45) is 0.302. The average Bonchev–Trinajstić information content (AvgIpc) is 3.03. The van der Waals surface area contributed by atoms with Gasteiger partial charge in [-0.2, -0.15) is 0 Å². The van der Waals surface area contributed by atoms with Crippen molar-refractivity contribution >= 4 is 61.7 Å². The molecule has 10 heteroatoms. The van der Waals surface area contributed by atoms with Gasteiger partial charge in [-0.25, -0.2) is 15.0 Å². The van der Waals surface area contributed by atoms with Gasteiger partial charge in [0.1, 0.15) is 11.6 Å². The molecule has 0 spiro atoms. The number of benzene rings is 1. The van der Waals surface area contributed by atoms with Gasteiger partial charge in [0.2, 0.25) is 5.91 Å². The molecule has 134 valence electrons. The molecule has 1 aromatic carbocycles. The Labute approximate surface area is 166 Å². The third-order valence-electron chi connectivity index (χ3n) is 3.20. The normalized spacial score (nSPS) is 10.7. The number of hydrogen-bond acceptors (Lipinski definition) is 8. The van der Waals surface area contributed by atoms with E-state index in [1.54, 1.807) is 0 Å². The minimum atomic E-state index is -0.119. The van der Waals surface area contributed by atoms with Crippen LogP contribution in [0.2, 0.25) is 0 Å². The van der Waals surface area contributed by atoms with Crippen LogP contribution in [0.4, 0.5) is 16.8 Å². The fraction of sp³-hybridized carbons (Fsp3) is 0.125. The maximum atomic E-state index is 12.1. The summed E-state index contributed by atoms with van der Waals surface area (Å²) >= 11 is 6.12. The van der Waals surface area contributed by atoms with Gasteiger partial charge in [0.15, 0.2) is 10.3 Å². The van der Waals surface area contributed by atoms with E-state index in [0.717, 1.165) is 15.7 Å². The van der Waals surface area contributed by atoms with Gasteiger partial charge in [0.05, 0.1) is 5.69 Å². The molecule has 2 heterocycles. The van der Waals surface area contributed by atoms with Crippen molar-refractivity contribution in [3.05, 3.63) is 40.2 Å². The highest BCUT2D eigenvalue weighted by Crippen LogP contribution is 2.26. The van der Waals surface area contributed by atoms with Gasteiger partial charge in [-0.05, 0) is 12.1 Å². The van der Waals surface area contributed by atoms with Crippen molar-refractivity contribution in [3.63, 3.8) is 0 Å². The number of aromatic nitrogens is 3. The van der Waals surface area contributed by atoms with Crippen molar-refractivity contribution in [2.24, 2.45) is 0 Å². The maximum absolute atomic E-state index is 12.1. The van der Waals surface area contributed by atoms with Crippen LogP contribution >= 0.6 is 39.0 Å². The summed E-state index contributed by atoms with van der Waals surface area (Å²) in [5.41, 5.74) is 13.1. The van der Waals surface area contributed by atoms with Crippen molar-refractivity contribution in [2.45, 2.75) is 11.6 Å². The topological polar surface area (TPSA) is 120 Å². The molecule has 7 nitrogen and oxygen atoms in total. The van der Waals surface area contributed by atoms with Gasteiger partial charge >= 0.3 is 0 Å². The zero-order chi connectivity index (χ0) is 18.5. The Kier molecular flexibility index (Phi) is 6.07. The van der Waals surface area contributed by atoms with Crippen LogP contribution in [0, 0.1) is 0 Å². The Bertz CT molecular complexity index is 895. The Morgan fingerprint density at radius 2 is 1.85 bits per heavy atom. The van der Waals surface area contributed by atoms with Gasteiger partial charge < -0.3 is 16.8 Å². The quantitative estimate of drug-likeness (QED) is 0.387. The van der Waals surface area contributed by atoms with Gasteiger partial charge in [-0.3, -0.25) is 4.79 Å². The molecule has 3 rings (SSSR count). The molecule has 0 radical (unpaired) electrons. The number of nitrogens with one attached hydrogen (secondary N) is 1. The van der Waals surface area contributed by atoms with Crippen molar-refractivity contribution in [3.8, 4) is 11.3 Å². The van der Waals surface area contributed by atoms with Crippen LogP contribution in [-0.4, -0.2) is 26.6 Å². The summed E-state index contributed by atoms with van der Waals surface area (Å²) in [6, 6.07) is 9.34. The third kappa shape index (κ3) is 5.16. The predicted molar refractivity (Wildman–Crippen MR) is 110 cm³/mol. The molecule has 0 aliphatic heterocycles. The fourth-order valence-electron chi connectivity index (χ4n) is 2.03. The molecule has 0 bridgehead atoms. The molecule has 0 saturated heterocycles. The number of rotatable bonds is 6. The first-order chi connectivity index (χ1) is 12.5. The Morgan fingerprint density at radius 1 is 1.15 bits per heavy atom. The van der Waals surface area contributed by atoms with Crippen LogP contribution < -0.4 is 16.8 Å². The Hall–Kier alpha value is -2.17. The Morgan fingerprint density at radius 3 is 2.54 bits per heavy atom. The minimum absolute atomic E-state index is 0.119. The van der Waals surface area contributed by atoms with Crippen LogP contribution in [-0.2, 0) is 4.79 Å². The number of thiazole rings is 1. The molecule has 0 aliphatic rings. The largest absolute Gasteiger partial charge is 0.383 e. The first-order valence-electron chi connectivity index (χ1n) is 7.54. The summed E-state index contributed by atoms with van der Waals surface area (Å²) < 4.78 is 1.01. The minimum Gasteiger partial charge on any atom is -0.383 e. The van der Waals surface area contributed by atoms with Gasteiger partial charge in [-0.15, -0.1) is 11.3 Å². The number of amides is 1. The first-order valence-corrected chi connectivity index (χ1v) is 10.2. The van der Waals surface area contributed by atoms with Crippen molar-refractivity contribution in [2.75, 3.05) is 22.5 Å². The smallest absolute Gasteiger partial charge is 0.226 e. The summed E-state index contributed by atoms with van der Waals surface area (Å²) in [7, 11) is 0. The van der Waals surface area contributed by atoms with Crippen LogP contribution in [0.3, 0.4) is 0 Å². The van der Waals surface area contributed by atoms with Gasteiger partial charge in [0, 0.05) is 33.7 Å². The molecular formula is C16H15BrN6OS2. The van der Waals surface area contributed by atoms with Crippen molar-refractivity contribution in [1.82, 2.24) is 15.0 Å². The van der Waals surface area contributed by atoms with E-state index in [2.05, 4.69) is 36.2 Å². The number of nitrogens with two attached hydrogens (primary N) is 2. The van der Waals surface area contributed by atoms with E-state index in [1.165, 1.54) is 29.2 Å². The third-order valence-corrected chi connectivity index (χ3v) is 5.33. The average molecular weight is 451 g/mol. The molecule has 0 saturated carbocycles. The van der Waals surface area contributed by atoms with E-state index in [4.69, 9.17) is 11.5 Å². The lowest BCUT2D eigenvalue weighted by Gasteiger charge is -2.03. The first kappa shape index (κ1) is 18.6. The van der Waals surface area contributed by atoms with Crippen LogP contribution in [0.1, 0.15) is 6.42 Å². The number of nitrogens with zero attached hydrogens (tertiary/aromatic N) is 3. The van der Waals surface area contributed by atoms with Gasteiger partial charge in [0.25, 0.3) is 0 Å². The molecule has 26 heavy (non-hydrogen) atoms. The highest BCUT2D eigenvalue weighted by atomic mass is 79.9. The summed E-state index contributed by atoms with van der Waals surface area (Å²) in [4.78, 5) is 24.6.